The molecule has 0 saturated heterocycles. The van der Waals surface area contributed by atoms with Gasteiger partial charge in [0.1, 0.15) is 0 Å². The summed E-state index contributed by atoms with van der Waals surface area (Å²) >= 11 is 15.9. The molecule has 0 radical (unpaired) electrons. The Balaban J connectivity index is 2.25. The third kappa shape index (κ3) is 3.05. The van der Waals surface area contributed by atoms with Crippen molar-refractivity contribution in [2.24, 2.45) is 0 Å². The molecule has 0 bridgehead atoms. The molecule has 0 aliphatic heterocycles. The summed E-state index contributed by atoms with van der Waals surface area (Å²) in [6, 6.07) is 11.6. The van der Waals surface area contributed by atoms with E-state index < -0.39 is 0 Å². The van der Waals surface area contributed by atoms with E-state index in [9.17, 15) is 0 Å². The van der Waals surface area contributed by atoms with E-state index in [0.29, 0.717) is 5.02 Å². The summed E-state index contributed by atoms with van der Waals surface area (Å²) in [6.45, 7) is 2.07. The maximum absolute atomic E-state index is 6.51. The van der Waals surface area contributed by atoms with Gasteiger partial charge in [0.15, 0.2) is 0 Å². The second kappa shape index (κ2) is 6.05. The number of hydrogen-bond donors (Lipinski definition) is 0. The Morgan fingerprint density at radius 2 is 2.00 bits per heavy atom. The van der Waals surface area contributed by atoms with Gasteiger partial charge in [-0.05, 0) is 45.8 Å². The fourth-order valence-corrected chi connectivity index (χ4v) is 2.55. The SMILES string of the molecule is CC(c1ccccn1)C(Cl)c1ccc(Cl)c(Br)c1. The number of aromatic nitrogens is 1. The molecule has 0 aliphatic rings. The first-order valence-corrected chi connectivity index (χ1v) is 7.20. The normalized spacial score (nSPS) is 14.2. The van der Waals surface area contributed by atoms with Gasteiger partial charge in [0, 0.05) is 22.3 Å². The van der Waals surface area contributed by atoms with Crippen LogP contribution in [0.5, 0.6) is 0 Å². The van der Waals surface area contributed by atoms with E-state index in [0.717, 1.165) is 15.7 Å². The van der Waals surface area contributed by atoms with E-state index >= 15 is 0 Å². The van der Waals surface area contributed by atoms with Crippen molar-refractivity contribution in [3.63, 3.8) is 0 Å². The standard InChI is InChI=1S/C14H12BrCl2N/c1-9(13-4-2-3-7-18-13)14(17)10-5-6-12(16)11(15)8-10/h2-9,14H,1H3. The Bertz CT molecular complexity index is 531. The van der Waals surface area contributed by atoms with Gasteiger partial charge in [-0.15, -0.1) is 11.6 Å². The quantitative estimate of drug-likeness (QED) is 0.662. The van der Waals surface area contributed by atoms with E-state index in [1.165, 1.54) is 0 Å². The van der Waals surface area contributed by atoms with Crippen molar-refractivity contribution >= 4 is 39.1 Å². The number of benzene rings is 1. The Morgan fingerprint density at radius 3 is 2.61 bits per heavy atom. The number of nitrogens with zero attached hydrogens (tertiary/aromatic N) is 1. The topological polar surface area (TPSA) is 12.9 Å². The van der Waals surface area contributed by atoms with Crippen molar-refractivity contribution in [3.05, 3.63) is 63.3 Å². The van der Waals surface area contributed by atoms with Crippen LogP contribution in [0.3, 0.4) is 0 Å². The van der Waals surface area contributed by atoms with Crippen LogP contribution in [-0.4, -0.2) is 4.98 Å². The van der Waals surface area contributed by atoms with Gasteiger partial charge in [0.25, 0.3) is 0 Å². The predicted octanol–water partition coefficient (Wildman–Crippen LogP) is 5.58. The molecule has 1 nitrogen and oxygen atoms in total. The van der Waals surface area contributed by atoms with Crippen molar-refractivity contribution in [1.29, 1.82) is 0 Å². The minimum atomic E-state index is -0.131. The molecule has 1 heterocycles. The predicted molar refractivity (Wildman–Crippen MR) is 80.4 cm³/mol. The molecule has 1 aromatic carbocycles. The molecule has 1 aromatic heterocycles. The number of pyridine rings is 1. The summed E-state index contributed by atoms with van der Waals surface area (Å²) in [5.41, 5.74) is 2.02. The third-order valence-corrected chi connectivity index (χ3v) is 4.70. The van der Waals surface area contributed by atoms with Crippen LogP contribution in [-0.2, 0) is 0 Å². The van der Waals surface area contributed by atoms with Gasteiger partial charge >= 0.3 is 0 Å². The lowest BCUT2D eigenvalue weighted by Gasteiger charge is -2.18. The van der Waals surface area contributed by atoms with Gasteiger partial charge in [-0.3, -0.25) is 4.98 Å². The molecule has 4 heteroatoms. The summed E-state index contributed by atoms with van der Waals surface area (Å²) in [5.74, 6) is 0.140. The lowest BCUT2D eigenvalue weighted by molar-refractivity contribution is 0.706. The first-order chi connectivity index (χ1) is 8.59. The molecule has 2 unspecified atom stereocenters. The molecule has 0 fully saturated rings. The van der Waals surface area contributed by atoms with Crippen molar-refractivity contribution in [2.45, 2.75) is 18.2 Å². The average Bonchev–Trinajstić information content (AvgIpc) is 2.41. The Hall–Kier alpha value is -0.570. The van der Waals surface area contributed by atoms with E-state index in [1.807, 2.05) is 36.4 Å². The molecule has 0 N–H and O–H groups in total. The zero-order chi connectivity index (χ0) is 13.1. The lowest BCUT2D eigenvalue weighted by Crippen LogP contribution is -2.04. The maximum atomic E-state index is 6.51. The van der Waals surface area contributed by atoms with Crippen LogP contribution in [0.2, 0.25) is 5.02 Å². The first-order valence-electron chi connectivity index (χ1n) is 5.59. The smallest absolute Gasteiger partial charge is 0.0666 e. The van der Waals surface area contributed by atoms with Gasteiger partial charge < -0.3 is 0 Å². The van der Waals surface area contributed by atoms with Crippen molar-refractivity contribution in [1.82, 2.24) is 4.98 Å². The van der Waals surface area contributed by atoms with Gasteiger partial charge in [0.2, 0.25) is 0 Å². The van der Waals surface area contributed by atoms with Crippen LogP contribution >= 0.6 is 39.1 Å². The van der Waals surface area contributed by atoms with Crippen LogP contribution in [0.15, 0.2) is 47.1 Å². The van der Waals surface area contributed by atoms with Gasteiger partial charge in [-0.2, -0.15) is 0 Å². The van der Waals surface area contributed by atoms with E-state index in [1.54, 1.807) is 6.20 Å². The Labute approximate surface area is 125 Å². The number of rotatable bonds is 3. The Morgan fingerprint density at radius 1 is 1.22 bits per heavy atom. The fraction of sp³-hybridized carbons (Fsp3) is 0.214. The summed E-state index contributed by atoms with van der Waals surface area (Å²) in [5, 5.41) is 0.557. The van der Waals surface area contributed by atoms with Gasteiger partial charge in [-0.1, -0.05) is 30.7 Å². The first kappa shape index (κ1) is 13.9. The van der Waals surface area contributed by atoms with Crippen LogP contribution in [0.25, 0.3) is 0 Å². The third-order valence-electron chi connectivity index (χ3n) is 2.86. The summed E-state index contributed by atoms with van der Waals surface area (Å²) in [6.07, 6.45) is 1.78. The van der Waals surface area contributed by atoms with Gasteiger partial charge in [0.05, 0.1) is 10.4 Å². The lowest BCUT2D eigenvalue weighted by atomic mass is 9.97. The summed E-state index contributed by atoms with van der Waals surface area (Å²) in [7, 11) is 0. The molecule has 18 heavy (non-hydrogen) atoms. The molecule has 94 valence electrons. The molecule has 0 saturated carbocycles. The van der Waals surface area contributed by atoms with E-state index in [4.69, 9.17) is 23.2 Å². The van der Waals surface area contributed by atoms with Crippen molar-refractivity contribution in [2.75, 3.05) is 0 Å². The molecule has 0 amide bonds. The van der Waals surface area contributed by atoms with Gasteiger partial charge in [-0.25, -0.2) is 0 Å². The molecule has 2 aromatic rings. The highest BCUT2D eigenvalue weighted by Gasteiger charge is 2.19. The number of halogens is 3. The monoisotopic (exact) mass is 343 g/mol. The molecule has 2 atom stereocenters. The number of alkyl halides is 1. The second-order valence-corrected chi connectivity index (χ2v) is 5.85. The highest BCUT2D eigenvalue weighted by atomic mass is 79.9. The number of hydrogen-bond acceptors (Lipinski definition) is 1. The van der Waals surface area contributed by atoms with E-state index in [2.05, 4.69) is 27.8 Å². The van der Waals surface area contributed by atoms with Crippen LogP contribution in [0.4, 0.5) is 0 Å². The molecule has 0 spiro atoms. The Kier molecular flexibility index (Phi) is 4.66. The maximum Gasteiger partial charge on any atom is 0.0666 e. The fourth-order valence-electron chi connectivity index (χ4n) is 1.77. The van der Waals surface area contributed by atoms with E-state index in [-0.39, 0.29) is 11.3 Å². The van der Waals surface area contributed by atoms with Crippen molar-refractivity contribution in [3.8, 4) is 0 Å². The highest BCUT2D eigenvalue weighted by Crippen LogP contribution is 2.37. The summed E-state index contributed by atoms with van der Waals surface area (Å²) < 4.78 is 0.862. The van der Waals surface area contributed by atoms with Crippen LogP contribution in [0, 0.1) is 0 Å². The minimum absolute atomic E-state index is 0.131. The molecule has 2 rings (SSSR count). The highest BCUT2D eigenvalue weighted by molar-refractivity contribution is 9.10. The van der Waals surface area contributed by atoms with Crippen LogP contribution < -0.4 is 0 Å². The minimum Gasteiger partial charge on any atom is -0.261 e. The second-order valence-electron chi connectivity index (χ2n) is 4.12. The summed E-state index contributed by atoms with van der Waals surface area (Å²) in [4.78, 5) is 4.34. The zero-order valence-corrected chi connectivity index (χ0v) is 12.9. The zero-order valence-electron chi connectivity index (χ0n) is 9.78. The molecule has 0 aliphatic carbocycles. The molecular formula is C14H12BrCl2N. The van der Waals surface area contributed by atoms with Crippen LogP contribution in [0.1, 0.15) is 29.5 Å². The average molecular weight is 345 g/mol. The molecular weight excluding hydrogens is 333 g/mol. The largest absolute Gasteiger partial charge is 0.261 e. The van der Waals surface area contributed by atoms with Crippen molar-refractivity contribution < 1.29 is 0 Å².